The van der Waals surface area contributed by atoms with Gasteiger partial charge in [-0.1, -0.05) is 17.7 Å². The standard InChI is InChI=1S/C12H8BrClN2O2/c13-8-5-4-7(6-9(8)17)12(18)16-11-3-1-2-10(14)15-11/h1-6,17H,(H,15,16,18). The van der Waals surface area contributed by atoms with Gasteiger partial charge < -0.3 is 10.4 Å². The van der Waals surface area contributed by atoms with Crippen molar-refractivity contribution in [1.29, 1.82) is 0 Å². The number of benzene rings is 1. The lowest BCUT2D eigenvalue weighted by Crippen LogP contribution is -2.12. The number of carbonyl (C=O) groups is 1. The summed E-state index contributed by atoms with van der Waals surface area (Å²) >= 11 is 8.86. The second-order valence-corrected chi connectivity index (χ2v) is 4.71. The molecule has 2 aromatic rings. The summed E-state index contributed by atoms with van der Waals surface area (Å²) in [5.74, 6) is -0.0100. The topological polar surface area (TPSA) is 62.2 Å². The number of phenols is 1. The van der Waals surface area contributed by atoms with Crippen molar-refractivity contribution in [2.75, 3.05) is 5.32 Å². The van der Waals surface area contributed by atoms with Gasteiger partial charge in [0.05, 0.1) is 4.47 Å². The molecule has 1 aromatic carbocycles. The maximum absolute atomic E-state index is 11.9. The Morgan fingerprint density at radius 3 is 2.78 bits per heavy atom. The molecule has 2 rings (SSSR count). The number of aromatic hydroxyl groups is 1. The van der Waals surface area contributed by atoms with E-state index in [0.717, 1.165) is 0 Å². The van der Waals surface area contributed by atoms with Gasteiger partial charge in [0.2, 0.25) is 0 Å². The fourth-order valence-corrected chi connectivity index (χ4v) is 1.73. The molecule has 0 unspecified atom stereocenters. The average Bonchev–Trinajstić information content (AvgIpc) is 2.32. The van der Waals surface area contributed by atoms with Gasteiger partial charge in [0.25, 0.3) is 5.91 Å². The quantitative estimate of drug-likeness (QED) is 0.830. The van der Waals surface area contributed by atoms with Crippen molar-refractivity contribution in [3.63, 3.8) is 0 Å². The van der Waals surface area contributed by atoms with Crippen LogP contribution in [0.5, 0.6) is 5.75 Å². The van der Waals surface area contributed by atoms with Crippen molar-refractivity contribution in [3.05, 3.63) is 51.6 Å². The summed E-state index contributed by atoms with van der Waals surface area (Å²) in [4.78, 5) is 15.8. The first kappa shape index (κ1) is 12.9. The number of hydrogen-bond donors (Lipinski definition) is 2. The molecule has 0 atom stereocenters. The lowest BCUT2D eigenvalue weighted by Gasteiger charge is -2.05. The second kappa shape index (κ2) is 5.37. The number of amides is 1. The molecule has 0 saturated heterocycles. The molecule has 0 saturated carbocycles. The summed E-state index contributed by atoms with van der Waals surface area (Å²) in [5.41, 5.74) is 0.331. The van der Waals surface area contributed by atoms with Crippen LogP contribution in [0.4, 0.5) is 5.82 Å². The number of rotatable bonds is 2. The Morgan fingerprint density at radius 1 is 1.33 bits per heavy atom. The molecule has 0 aliphatic heterocycles. The Balaban J connectivity index is 2.19. The Bertz CT molecular complexity index is 604. The Hall–Kier alpha value is -1.59. The molecular formula is C12H8BrClN2O2. The van der Waals surface area contributed by atoms with Crippen LogP contribution in [0.2, 0.25) is 5.15 Å². The van der Waals surface area contributed by atoms with Gasteiger partial charge in [0, 0.05) is 5.56 Å². The van der Waals surface area contributed by atoms with Gasteiger partial charge in [-0.15, -0.1) is 0 Å². The Kier molecular flexibility index (Phi) is 3.84. The molecule has 4 nitrogen and oxygen atoms in total. The molecule has 0 spiro atoms. The third kappa shape index (κ3) is 3.00. The first-order valence-corrected chi connectivity index (χ1v) is 6.16. The highest BCUT2D eigenvalue weighted by molar-refractivity contribution is 9.10. The highest BCUT2D eigenvalue weighted by Crippen LogP contribution is 2.24. The molecule has 6 heteroatoms. The number of nitrogens with zero attached hydrogens (tertiary/aromatic N) is 1. The summed E-state index contributed by atoms with van der Waals surface area (Å²) in [6, 6.07) is 9.47. The lowest BCUT2D eigenvalue weighted by atomic mass is 10.2. The predicted octanol–water partition coefficient (Wildman–Crippen LogP) is 3.46. The van der Waals surface area contributed by atoms with Crippen LogP contribution in [-0.4, -0.2) is 16.0 Å². The van der Waals surface area contributed by atoms with Crippen LogP contribution in [-0.2, 0) is 0 Å². The zero-order chi connectivity index (χ0) is 13.1. The van der Waals surface area contributed by atoms with Crippen molar-refractivity contribution >= 4 is 39.3 Å². The monoisotopic (exact) mass is 326 g/mol. The first-order valence-electron chi connectivity index (χ1n) is 4.98. The Labute approximate surface area is 117 Å². The number of aromatic nitrogens is 1. The largest absolute Gasteiger partial charge is 0.507 e. The minimum atomic E-state index is -0.368. The van der Waals surface area contributed by atoms with Gasteiger partial charge in [-0.2, -0.15) is 0 Å². The number of phenolic OH excluding ortho intramolecular Hbond substituents is 1. The van der Waals surface area contributed by atoms with Crippen LogP contribution in [0.25, 0.3) is 0 Å². The number of nitrogens with one attached hydrogen (secondary N) is 1. The number of hydrogen-bond acceptors (Lipinski definition) is 3. The van der Waals surface area contributed by atoms with Crippen LogP contribution < -0.4 is 5.32 Å². The molecule has 18 heavy (non-hydrogen) atoms. The van der Waals surface area contributed by atoms with E-state index >= 15 is 0 Å². The van der Waals surface area contributed by atoms with Gasteiger partial charge in [-0.25, -0.2) is 4.98 Å². The van der Waals surface area contributed by atoms with Gasteiger partial charge in [-0.05, 0) is 46.3 Å². The van der Waals surface area contributed by atoms with Crippen LogP contribution in [0.1, 0.15) is 10.4 Å². The molecule has 1 heterocycles. The maximum Gasteiger partial charge on any atom is 0.256 e. The lowest BCUT2D eigenvalue weighted by molar-refractivity contribution is 0.102. The van der Waals surface area contributed by atoms with Crippen molar-refractivity contribution in [1.82, 2.24) is 4.98 Å². The zero-order valence-electron chi connectivity index (χ0n) is 9.02. The molecular weight excluding hydrogens is 320 g/mol. The van der Waals surface area contributed by atoms with E-state index in [0.29, 0.717) is 21.0 Å². The zero-order valence-corrected chi connectivity index (χ0v) is 11.4. The van der Waals surface area contributed by atoms with E-state index in [4.69, 9.17) is 11.6 Å². The molecule has 0 radical (unpaired) electrons. The summed E-state index contributed by atoms with van der Waals surface area (Å²) in [5, 5.41) is 12.4. The van der Waals surface area contributed by atoms with E-state index < -0.39 is 0 Å². The normalized spacial score (nSPS) is 10.1. The van der Waals surface area contributed by atoms with Gasteiger partial charge >= 0.3 is 0 Å². The summed E-state index contributed by atoms with van der Waals surface area (Å²) in [7, 11) is 0. The molecule has 1 amide bonds. The molecule has 0 bridgehead atoms. The third-order valence-electron chi connectivity index (χ3n) is 2.17. The summed E-state index contributed by atoms with van der Waals surface area (Å²) in [6.07, 6.45) is 0. The first-order chi connectivity index (χ1) is 8.56. The number of pyridine rings is 1. The van der Waals surface area contributed by atoms with Crippen molar-refractivity contribution in [3.8, 4) is 5.75 Å². The van der Waals surface area contributed by atoms with Crippen LogP contribution in [0.3, 0.4) is 0 Å². The van der Waals surface area contributed by atoms with Crippen LogP contribution >= 0.6 is 27.5 Å². The van der Waals surface area contributed by atoms with Crippen LogP contribution in [0, 0.1) is 0 Å². The molecule has 0 aliphatic carbocycles. The molecule has 0 aliphatic rings. The minimum Gasteiger partial charge on any atom is -0.507 e. The number of anilines is 1. The van der Waals surface area contributed by atoms with Gasteiger partial charge in [-0.3, -0.25) is 4.79 Å². The van der Waals surface area contributed by atoms with E-state index in [1.807, 2.05) is 0 Å². The van der Waals surface area contributed by atoms with Gasteiger partial charge in [0.15, 0.2) is 0 Å². The van der Waals surface area contributed by atoms with E-state index in [2.05, 4.69) is 26.2 Å². The number of carbonyl (C=O) groups excluding carboxylic acids is 1. The van der Waals surface area contributed by atoms with Crippen molar-refractivity contribution in [2.24, 2.45) is 0 Å². The van der Waals surface area contributed by atoms with Gasteiger partial charge in [0.1, 0.15) is 16.7 Å². The fourth-order valence-electron chi connectivity index (χ4n) is 1.32. The highest BCUT2D eigenvalue weighted by atomic mass is 79.9. The maximum atomic E-state index is 11.9. The highest BCUT2D eigenvalue weighted by Gasteiger charge is 2.09. The second-order valence-electron chi connectivity index (χ2n) is 3.47. The predicted molar refractivity (Wildman–Crippen MR) is 73.0 cm³/mol. The number of halogens is 2. The summed E-state index contributed by atoms with van der Waals surface area (Å²) in [6.45, 7) is 0. The summed E-state index contributed by atoms with van der Waals surface area (Å²) < 4.78 is 0.528. The minimum absolute atomic E-state index is 0.00158. The van der Waals surface area contributed by atoms with E-state index in [9.17, 15) is 9.90 Å². The van der Waals surface area contributed by atoms with Crippen molar-refractivity contribution in [2.45, 2.75) is 0 Å². The molecule has 92 valence electrons. The molecule has 0 fully saturated rings. The third-order valence-corrected chi connectivity index (χ3v) is 3.05. The Morgan fingerprint density at radius 2 is 2.11 bits per heavy atom. The molecule has 2 N–H and O–H groups in total. The average molecular weight is 328 g/mol. The van der Waals surface area contributed by atoms with Crippen LogP contribution in [0.15, 0.2) is 40.9 Å². The molecule has 1 aromatic heterocycles. The van der Waals surface area contributed by atoms with E-state index in [1.165, 1.54) is 6.07 Å². The fraction of sp³-hybridized carbons (Fsp3) is 0. The SMILES string of the molecule is O=C(Nc1cccc(Cl)n1)c1ccc(Br)c(O)c1. The van der Waals surface area contributed by atoms with E-state index in [1.54, 1.807) is 30.3 Å². The van der Waals surface area contributed by atoms with E-state index in [-0.39, 0.29) is 11.7 Å². The smallest absolute Gasteiger partial charge is 0.256 e. The van der Waals surface area contributed by atoms with Crippen molar-refractivity contribution < 1.29 is 9.90 Å².